The van der Waals surface area contributed by atoms with Crippen LogP contribution in [-0.2, 0) is 4.43 Å². The van der Waals surface area contributed by atoms with Gasteiger partial charge in [0.15, 0.2) is 8.32 Å². The van der Waals surface area contributed by atoms with Gasteiger partial charge in [-0.15, -0.1) is 0 Å². The summed E-state index contributed by atoms with van der Waals surface area (Å²) in [4.78, 5) is 0. The fourth-order valence-electron chi connectivity index (χ4n) is 0.955. The lowest BCUT2D eigenvalue weighted by Crippen LogP contribution is -2.34. The Hall–Kier alpha value is 0.394. The molecular formula is C7H20OSi2. The molecule has 10 heavy (non-hydrogen) atoms. The first kappa shape index (κ1) is 10.4. The van der Waals surface area contributed by atoms with E-state index < -0.39 is 8.32 Å². The largest absolute Gasteiger partial charge is 0.418 e. The van der Waals surface area contributed by atoms with E-state index in [0.29, 0.717) is 5.73 Å². The van der Waals surface area contributed by atoms with Crippen molar-refractivity contribution in [2.24, 2.45) is 0 Å². The number of rotatable bonds is 4. The highest BCUT2D eigenvalue weighted by molar-refractivity contribution is 6.70. The van der Waals surface area contributed by atoms with Crippen molar-refractivity contribution < 1.29 is 4.43 Å². The van der Waals surface area contributed by atoms with Crippen LogP contribution in [0, 0.1) is 0 Å². The minimum absolute atomic E-state index is 0.0606. The fourth-order valence-corrected chi connectivity index (χ4v) is 4.87. The molecule has 0 rings (SSSR count). The monoisotopic (exact) mass is 176 g/mol. The SMILES string of the molecule is CCC(O[Si](C)(C)C)[SiH2]C. The standard InChI is InChI=1S/C7H20OSi2/c1-6-7(9-2)8-10(3,4)5/h7H,6,9H2,1-5H3. The van der Waals surface area contributed by atoms with Crippen LogP contribution in [0.5, 0.6) is 0 Å². The smallest absolute Gasteiger partial charge is 0.183 e. The van der Waals surface area contributed by atoms with E-state index in [2.05, 4.69) is 33.1 Å². The summed E-state index contributed by atoms with van der Waals surface area (Å²) in [6, 6.07) is 0. The molecule has 62 valence electrons. The van der Waals surface area contributed by atoms with Gasteiger partial charge in [-0.25, -0.2) is 0 Å². The maximum Gasteiger partial charge on any atom is 0.183 e. The van der Waals surface area contributed by atoms with Crippen LogP contribution in [0.15, 0.2) is 0 Å². The molecule has 0 N–H and O–H groups in total. The number of hydrogen-bond acceptors (Lipinski definition) is 1. The van der Waals surface area contributed by atoms with Crippen LogP contribution in [0.2, 0.25) is 26.2 Å². The molecule has 1 atom stereocenters. The quantitative estimate of drug-likeness (QED) is 0.594. The van der Waals surface area contributed by atoms with Gasteiger partial charge in [0.2, 0.25) is 0 Å². The molecule has 0 spiro atoms. The van der Waals surface area contributed by atoms with Crippen LogP contribution in [0.3, 0.4) is 0 Å². The average Bonchev–Trinajstić information content (AvgIpc) is 1.81. The molecule has 1 nitrogen and oxygen atoms in total. The Kier molecular flexibility index (Phi) is 4.48. The van der Waals surface area contributed by atoms with Crippen molar-refractivity contribution in [1.29, 1.82) is 0 Å². The third-order valence-corrected chi connectivity index (χ3v) is 4.46. The Balaban J connectivity index is 3.63. The molecule has 0 aliphatic rings. The van der Waals surface area contributed by atoms with Crippen molar-refractivity contribution in [2.75, 3.05) is 0 Å². The van der Waals surface area contributed by atoms with Gasteiger partial charge < -0.3 is 4.43 Å². The molecule has 0 radical (unpaired) electrons. The molecule has 0 bridgehead atoms. The maximum absolute atomic E-state index is 5.94. The summed E-state index contributed by atoms with van der Waals surface area (Å²) in [5.74, 6) is 0. The summed E-state index contributed by atoms with van der Waals surface area (Å²) in [7, 11) is -1.17. The average molecular weight is 176 g/mol. The van der Waals surface area contributed by atoms with Crippen LogP contribution in [-0.4, -0.2) is 23.6 Å². The van der Waals surface area contributed by atoms with Crippen LogP contribution >= 0.6 is 0 Å². The maximum atomic E-state index is 5.94. The third kappa shape index (κ3) is 5.20. The van der Waals surface area contributed by atoms with Crippen molar-refractivity contribution in [3.63, 3.8) is 0 Å². The zero-order valence-electron chi connectivity index (χ0n) is 7.90. The van der Waals surface area contributed by atoms with E-state index >= 15 is 0 Å². The molecule has 0 amide bonds. The zero-order valence-corrected chi connectivity index (χ0v) is 10.3. The van der Waals surface area contributed by atoms with Crippen molar-refractivity contribution in [3.8, 4) is 0 Å². The van der Waals surface area contributed by atoms with E-state index in [1.165, 1.54) is 6.42 Å². The molecule has 1 unspecified atom stereocenters. The predicted molar refractivity (Wildman–Crippen MR) is 52.9 cm³/mol. The summed E-state index contributed by atoms with van der Waals surface area (Å²) in [5.41, 5.74) is 0.645. The van der Waals surface area contributed by atoms with E-state index in [-0.39, 0.29) is 9.52 Å². The molecule has 0 fully saturated rings. The highest BCUT2D eigenvalue weighted by Gasteiger charge is 2.18. The summed E-state index contributed by atoms with van der Waals surface area (Å²) in [6.45, 7) is 11.3. The minimum Gasteiger partial charge on any atom is -0.418 e. The Morgan fingerprint density at radius 1 is 1.40 bits per heavy atom. The Morgan fingerprint density at radius 3 is 2.00 bits per heavy atom. The Morgan fingerprint density at radius 2 is 1.90 bits per heavy atom. The van der Waals surface area contributed by atoms with Gasteiger partial charge in [0.1, 0.15) is 0 Å². The van der Waals surface area contributed by atoms with Crippen molar-refractivity contribution >= 4 is 17.8 Å². The second-order valence-corrected chi connectivity index (χ2v) is 9.86. The summed E-state index contributed by atoms with van der Waals surface area (Å²) in [5, 5.41) is 0. The summed E-state index contributed by atoms with van der Waals surface area (Å²) < 4.78 is 5.94. The number of hydrogen-bond donors (Lipinski definition) is 0. The van der Waals surface area contributed by atoms with E-state index in [0.717, 1.165) is 0 Å². The molecule has 0 aromatic carbocycles. The van der Waals surface area contributed by atoms with Crippen LogP contribution < -0.4 is 0 Å². The van der Waals surface area contributed by atoms with Gasteiger partial charge in [0.25, 0.3) is 0 Å². The first-order valence-corrected chi connectivity index (χ1v) is 9.81. The molecule has 0 heterocycles. The van der Waals surface area contributed by atoms with Gasteiger partial charge in [-0.3, -0.25) is 0 Å². The van der Waals surface area contributed by atoms with Gasteiger partial charge in [-0.05, 0) is 26.1 Å². The first-order valence-electron chi connectivity index (χ1n) is 4.17. The highest BCUT2D eigenvalue weighted by Crippen LogP contribution is 2.08. The molecular weight excluding hydrogens is 156 g/mol. The van der Waals surface area contributed by atoms with E-state index in [1.54, 1.807) is 0 Å². The van der Waals surface area contributed by atoms with E-state index in [1.807, 2.05) is 0 Å². The normalized spacial score (nSPS) is 16.5. The van der Waals surface area contributed by atoms with Crippen LogP contribution in [0.4, 0.5) is 0 Å². The van der Waals surface area contributed by atoms with E-state index in [9.17, 15) is 0 Å². The third-order valence-electron chi connectivity index (χ3n) is 1.43. The lowest BCUT2D eigenvalue weighted by atomic mass is 10.5. The van der Waals surface area contributed by atoms with Crippen LogP contribution in [0.1, 0.15) is 13.3 Å². The van der Waals surface area contributed by atoms with Gasteiger partial charge in [-0.2, -0.15) is 0 Å². The highest BCUT2D eigenvalue weighted by atomic mass is 28.4. The second kappa shape index (κ2) is 4.31. The molecule has 0 aliphatic heterocycles. The van der Waals surface area contributed by atoms with Gasteiger partial charge in [0, 0.05) is 5.73 Å². The van der Waals surface area contributed by atoms with Crippen LogP contribution in [0.25, 0.3) is 0 Å². The second-order valence-electron chi connectivity index (χ2n) is 3.67. The van der Waals surface area contributed by atoms with Crippen molar-refractivity contribution in [3.05, 3.63) is 0 Å². The summed E-state index contributed by atoms with van der Waals surface area (Å²) in [6.07, 6.45) is 1.22. The van der Waals surface area contributed by atoms with Crippen molar-refractivity contribution in [2.45, 2.75) is 45.3 Å². The topological polar surface area (TPSA) is 9.23 Å². The molecule has 0 aromatic heterocycles. The minimum atomic E-state index is -1.23. The van der Waals surface area contributed by atoms with E-state index in [4.69, 9.17) is 4.43 Å². The van der Waals surface area contributed by atoms with Gasteiger partial charge >= 0.3 is 0 Å². The van der Waals surface area contributed by atoms with Gasteiger partial charge in [-0.1, -0.05) is 13.5 Å². The fraction of sp³-hybridized carbons (Fsp3) is 1.00. The molecule has 0 aliphatic carbocycles. The zero-order chi connectivity index (χ0) is 8.20. The Bertz CT molecular complexity index is 84.1. The Labute approximate surface area is 68.1 Å². The lowest BCUT2D eigenvalue weighted by Gasteiger charge is -2.24. The molecule has 0 saturated heterocycles. The van der Waals surface area contributed by atoms with Gasteiger partial charge in [0.05, 0.1) is 9.52 Å². The molecule has 3 heteroatoms. The molecule has 0 aromatic rings. The molecule has 0 saturated carbocycles. The summed E-state index contributed by atoms with van der Waals surface area (Å²) >= 11 is 0. The first-order chi connectivity index (χ1) is 4.49. The van der Waals surface area contributed by atoms with Crippen molar-refractivity contribution in [1.82, 2.24) is 0 Å². The lowest BCUT2D eigenvalue weighted by molar-refractivity contribution is 0.266. The predicted octanol–water partition coefficient (Wildman–Crippen LogP) is 1.79.